The van der Waals surface area contributed by atoms with Crippen LogP contribution in [-0.4, -0.2) is 32.5 Å². The van der Waals surface area contributed by atoms with Crippen molar-refractivity contribution in [3.8, 4) is 5.75 Å². The summed E-state index contributed by atoms with van der Waals surface area (Å²) >= 11 is 0. The van der Waals surface area contributed by atoms with Gasteiger partial charge in [0.2, 0.25) is 5.95 Å². The quantitative estimate of drug-likeness (QED) is 0.743. The molecular formula is C18H16F3N5O2. The molecule has 2 aromatic heterocycles. The summed E-state index contributed by atoms with van der Waals surface area (Å²) in [5.41, 5.74) is -1.45. The van der Waals surface area contributed by atoms with E-state index in [1.54, 1.807) is 7.11 Å². The first-order chi connectivity index (χ1) is 13.3. The second-order valence-electron chi connectivity index (χ2n) is 7.17. The van der Waals surface area contributed by atoms with Crippen molar-refractivity contribution in [1.29, 1.82) is 0 Å². The fraction of sp³-hybridized carbons (Fsp3) is 0.389. The number of nitrogens with one attached hydrogen (secondary N) is 1. The number of alkyl halides is 3. The second kappa shape index (κ2) is 5.49. The summed E-state index contributed by atoms with van der Waals surface area (Å²) in [6, 6.07) is 7.15. The Labute approximate surface area is 156 Å². The molecule has 1 aliphatic carbocycles. The number of hydrogen-bond donors (Lipinski definition) is 1. The van der Waals surface area contributed by atoms with Crippen LogP contribution in [0.5, 0.6) is 5.75 Å². The molecule has 5 rings (SSSR count). The fourth-order valence-electron chi connectivity index (χ4n) is 3.75. The molecule has 0 bridgehead atoms. The predicted molar refractivity (Wildman–Crippen MR) is 93.6 cm³/mol. The molecule has 1 aromatic carbocycles. The molecule has 1 atom stereocenters. The third kappa shape index (κ3) is 2.26. The van der Waals surface area contributed by atoms with Gasteiger partial charge in [0.1, 0.15) is 17.0 Å². The van der Waals surface area contributed by atoms with Gasteiger partial charge < -0.3 is 10.1 Å². The first-order valence-electron chi connectivity index (χ1n) is 8.80. The van der Waals surface area contributed by atoms with Gasteiger partial charge in [0.15, 0.2) is 5.52 Å². The highest BCUT2D eigenvalue weighted by molar-refractivity contribution is 5.49. The first-order valence-corrected chi connectivity index (χ1v) is 8.80. The summed E-state index contributed by atoms with van der Waals surface area (Å²) in [4.78, 5) is 16.7. The van der Waals surface area contributed by atoms with Crippen LogP contribution in [-0.2, 0) is 12.0 Å². The number of aromatic nitrogens is 4. The van der Waals surface area contributed by atoms with Gasteiger partial charge in [-0.15, -0.1) is 5.10 Å². The van der Waals surface area contributed by atoms with E-state index >= 15 is 0 Å². The summed E-state index contributed by atoms with van der Waals surface area (Å²) in [5, 5.41) is 7.42. The number of nitrogens with zero attached hydrogens (tertiary/aromatic N) is 4. The van der Waals surface area contributed by atoms with Crippen LogP contribution in [0.2, 0.25) is 0 Å². The maximum absolute atomic E-state index is 13.5. The first kappa shape index (κ1) is 17.1. The van der Waals surface area contributed by atoms with E-state index in [2.05, 4.69) is 15.4 Å². The Hall–Kier alpha value is -3.04. The molecule has 7 nitrogen and oxygen atoms in total. The molecule has 3 aromatic rings. The number of hydrogen-bond acceptors (Lipinski definition) is 5. The zero-order valence-corrected chi connectivity index (χ0v) is 14.8. The molecule has 3 heterocycles. The lowest BCUT2D eigenvalue weighted by molar-refractivity contribution is -0.162. The highest BCUT2D eigenvalue weighted by Gasteiger charge is 2.67. The van der Waals surface area contributed by atoms with Crippen LogP contribution >= 0.6 is 0 Å². The summed E-state index contributed by atoms with van der Waals surface area (Å²) in [5.74, 6) is 0.724. The topological polar surface area (TPSA) is 73.5 Å². The molecule has 2 aliphatic rings. The zero-order chi connectivity index (χ0) is 19.7. The summed E-state index contributed by atoms with van der Waals surface area (Å²) < 4.78 is 48.2. The Kier molecular flexibility index (Phi) is 3.35. The van der Waals surface area contributed by atoms with E-state index < -0.39 is 17.2 Å². The van der Waals surface area contributed by atoms with Crippen molar-refractivity contribution in [2.75, 3.05) is 12.4 Å². The Morgan fingerprint density at radius 3 is 2.57 bits per heavy atom. The molecule has 28 heavy (non-hydrogen) atoms. The van der Waals surface area contributed by atoms with Gasteiger partial charge in [0, 0.05) is 0 Å². The molecule has 0 amide bonds. The Morgan fingerprint density at radius 2 is 1.96 bits per heavy atom. The molecule has 1 aliphatic heterocycles. The van der Waals surface area contributed by atoms with Crippen LogP contribution in [0, 0.1) is 0 Å². The van der Waals surface area contributed by atoms with E-state index in [-0.39, 0.29) is 36.2 Å². The molecule has 0 saturated heterocycles. The largest absolute Gasteiger partial charge is 0.497 e. The van der Waals surface area contributed by atoms with Crippen LogP contribution in [0.3, 0.4) is 0 Å². The fourth-order valence-corrected chi connectivity index (χ4v) is 3.75. The normalized spacial score (nSPS) is 20.1. The summed E-state index contributed by atoms with van der Waals surface area (Å²) in [7, 11) is 1.57. The number of methoxy groups -OCH3 is 1. The standard InChI is InChI=1S/C18H16F3N5O2/c1-28-11-4-2-10(3-5-11)12-9-25-14(27)13-8-22-15(26(13)24-16(25)23-12)17(6-7-17)18(19,20)21/h2-5,8,12H,6-7,9H2,1H3,(H,23,24). The maximum Gasteiger partial charge on any atom is 0.401 e. The van der Waals surface area contributed by atoms with Gasteiger partial charge in [-0.2, -0.15) is 13.2 Å². The lowest BCUT2D eigenvalue weighted by Gasteiger charge is -2.17. The van der Waals surface area contributed by atoms with E-state index in [9.17, 15) is 18.0 Å². The number of rotatable bonds is 3. The molecule has 1 saturated carbocycles. The van der Waals surface area contributed by atoms with E-state index in [1.165, 1.54) is 10.8 Å². The summed E-state index contributed by atoms with van der Waals surface area (Å²) in [6.07, 6.45) is -3.33. The van der Waals surface area contributed by atoms with Gasteiger partial charge in [-0.3, -0.25) is 9.36 Å². The van der Waals surface area contributed by atoms with Crippen LogP contribution in [0.1, 0.15) is 30.3 Å². The zero-order valence-electron chi connectivity index (χ0n) is 14.8. The predicted octanol–water partition coefficient (Wildman–Crippen LogP) is 2.66. The van der Waals surface area contributed by atoms with Crippen LogP contribution < -0.4 is 15.6 Å². The van der Waals surface area contributed by atoms with Gasteiger partial charge in [0.25, 0.3) is 5.56 Å². The number of benzene rings is 1. The lowest BCUT2D eigenvalue weighted by Crippen LogP contribution is -2.32. The molecule has 146 valence electrons. The highest BCUT2D eigenvalue weighted by Crippen LogP contribution is 2.58. The lowest BCUT2D eigenvalue weighted by atomic mass is 10.1. The molecule has 0 radical (unpaired) electrons. The van der Waals surface area contributed by atoms with Gasteiger partial charge in [-0.1, -0.05) is 12.1 Å². The van der Waals surface area contributed by atoms with Crippen LogP contribution in [0.15, 0.2) is 35.3 Å². The monoisotopic (exact) mass is 391 g/mol. The van der Waals surface area contributed by atoms with Crippen molar-refractivity contribution in [3.05, 3.63) is 52.2 Å². The number of halogens is 3. The minimum Gasteiger partial charge on any atom is -0.497 e. The Morgan fingerprint density at radius 1 is 1.25 bits per heavy atom. The van der Waals surface area contributed by atoms with Gasteiger partial charge in [-0.25, -0.2) is 9.50 Å². The van der Waals surface area contributed by atoms with Crippen molar-refractivity contribution in [2.45, 2.75) is 37.0 Å². The van der Waals surface area contributed by atoms with Gasteiger partial charge >= 0.3 is 6.18 Å². The minimum absolute atomic E-state index is 0.0440. The van der Waals surface area contributed by atoms with E-state index in [1.807, 2.05) is 24.3 Å². The molecule has 1 unspecified atom stereocenters. The van der Waals surface area contributed by atoms with Crippen LogP contribution in [0.4, 0.5) is 19.1 Å². The molecule has 1 fully saturated rings. The van der Waals surface area contributed by atoms with E-state index in [4.69, 9.17) is 4.74 Å². The number of anilines is 1. The molecule has 1 N–H and O–H groups in total. The molecule has 10 heteroatoms. The maximum atomic E-state index is 13.5. The van der Waals surface area contributed by atoms with Crippen molar-refractivity contribution in [3.63, 3.8) is 0 Å². The van der Waals surface area contributed by atoms with E-state index in [0.717, 1.165) is 10.1 Å². The van der Waals surface area contributed by atoms with Gasteiger partial charge in [-0.05, 0) is 30.5 Å². The van der Waals surface area contributed by atoms with Crippen molar-refractivity contribution < 1.29 is 17.9 Å². The number of imidazole rings is 1. The third-order valence-corrected chi connectivity index (χ3v) is 5.56. The highest BCUT2D eigenvalue weighted by atomic mass is 19.4. The summed E-state index contributed by atoms with van der Waals surface area (Å²) in [6.45, 7) is 0.328. The Balaban J connectivity index is 1.56. The SMILES string of the molecule is COc1ccc(C2Cn3c(nn4c(C5(C(F)(F)F)CC5)ncc4c3=O)N2)cc1. The van der Waals surface area contributed by atoms with Crippen molar-refractivity contribution in [1.82, 2.24) is 19.2 Å². The molecular weight excluding hydrogens is 375 g/mol. The number of ether oxygens (including phenoxy) is 1. The van der Waals surface area contributed by atoms with Crippen molar-refractivity contribution in [2.24, 2.45) is 0 Å². The van der Waals surface area contributed by atoms with E-state index in [0.29, 0.717) is 12.3 Å². The smallest absolute Gasteiger partial charge is 0.401 e. The average Bonchev–Trinajstić information content (AvgIpc) is 3.21. The minimum atomic E-state index is -4.43. The van der Waals surface area contributed by atoms with Gasteiger partial charge in [0.05, 0.1) is 25.9 Å². The molecule has 0 spiro atoms. The number of fused-ring (bicyclic) bond motifs is 2. The average molecular weight is 391 g/mol. The Bertz CT molecular complexity index is 1130. The second-order valence-corrected chi connectivity index (χ2v) is 7.17. The van der Waals surface area contributed by atoms with Crippen molar-refractivity contribution >= 4 is 11.5 Å². The third-order valence-electron chi connectivity index (χ3n) is 5.56. The van der Waals surface area contributed by atoms with Crippen LogP contribution in [0.25, 0.3) is 5.52 Å².